The van der Waals surface area contributed by atoms with Crippen molar-refractivity contribution in [1.82, 2.24) is 0 Å². The fraction of sp³-hybridized carbons (Fsp3) is 0.667. The monoisotopic (exact) mass is 290 g/mol. The highest BCUT2D eigenvalue weighted by Crippen LogP contribution is 2.33. The van der Waals surface area contributed by atoms with Gasteiger partial charge in [0.15, 0.2) is 17.3 Å². The summed E-state index contributed by atoms with van der Waals surface area (Å²) in [5.74, 6) is -4.61. The average molecular weight is 290 g/mol. The first kappa shape index (κ1) is 18.4. The normalized spacial score (nSPS) is 15.9. The fourth-order valence-corrected chi connectivity index (χ4v) is 2.07. The van der Waals surface area contributed by atoms with Gasteiger partial charge in [-0.1, -0.05) is 0 Å². The third-order valence-corrected chi connectivity index (χ3v) is 3.02. The van der Waals surface area contributed by atoms with Gasteiger partial charge < -0.3 is 20.1 Å². The lowest BCUT2D eigenvalue weighted by atomic mass is 9.71. The molecule has 0 saturated heterocycles. The van der Waals surface area contributed by atoms with E-state index in [1.54, 1.807) is 0 Å². The number of carbonyl (C=O) groups excluding carboxylic acids is 4. The van der Waals surface area contributed by atoms with Crippen LogP contribution in [0.15, 0.2) is 0 Å². The van der Waals surface area contributed by atoms with Crippen LogP contribution in [0.2, 0.25) is 0 Å². The van der Waals surface area contributed by atoms with Crippen LogP contribution in [-0.4, -0.2) is 62.6 Å². The van der Waals surface area contributed by atoms with Crippen molar-refractivity contribution in [2.45, 2.75) is 45.0 Å². The third-order valence-electron chi connectivity index (χ3n) is 3.02. The molecule has 20 heavy (non-hydrogen) atoms. The molecule has 0 aliphatic heterocycles. The van der Waals surface area contributed by atoms with E-state index >= 15 is 0 Å². The molecule has 0 aromatic heterocycles. The van der Waals surface area contributed by atoms with Gasteiger partial charge >= 0.3 is 5.97 Å². The molecule has 0 saturated carbocycles. The predicted octanol–water partition coefficient (Wildman–Crippen LogP) is -1.86. The molecule has 8 heteroatoms. The molecule has 2 atom stereocenters. The van der Waals surface area contributed by atoms with Crippen molar-refractivity contribution in [3.63, 3.8) is 0 Å². The van der Waals surface area contributed by atoms with Crippen molar-refractivity contribution in [3.8, 4) is 0 Å². The van der Waals surface area contributed by atoms with Gasteiger partial charge in [-0.3, -0.25) is 19.2 Å². The quantitative estimate of drug-likeness (QED) is 0.366. The SMILES string of the molecule is CC(=O)OC(C(C)=O)(C(C)=O)C(O)(C(C)=O)C(O)CO. The molecule has 0 fully saturated rings. The van der Waals surface area contributed by atoms with Crippen LogP contribution < -0.4 is 0 Å². The molecule has 0 spiro atoms. The van der Waals surface area contributed by atoms with E-state index in [0.717, 1.165) is 27.7 Å². The second-order valence-corrected chi connectivity index (χ2v) is 4.41. The highest BCUT2D eigenvalue weighted by atomic mass is 16.6. The molecule has 0 aliphatic rings. The van der Waals surface area contributed by atoms with Crippen LogP contribution in [0.1, 0.15) is 27.7 Å². The van der Waals surface area contributed by atoms with Gasteiger partial charge in [-0.25, -0.2) is 0 Å². The molecule has 0 bridgehead atoms. The highest BCUT2D eigenvalue weighted by Gasteiger charge is 2.67. The van der Waals surface area contributed by atoms with Crippen LogP contribution in [-0.2, 0) is 23.9 Å². The Kier molecular flexibility index (Phi) is 5.70. The Morgan fingerprint density at radius 3 is 1.60 bits per heavy atom. The van der Waals surface area contributed by atoms with E-state index in [1.165, 1.54) is 0 Å². The van der Waals surface area contributed by atoms with E-state index in [4.69, 9.17) is 5.11 Å². The number of hydrogen-bond donors (Lipinski definition) is 3. The second kappa shape index (κ2) is 6.21. The molecule has 0 rings (SSSR count). The van der Waals surface area contributed by atoms with Gasteiger partial charge in [0.05, 0.1) is 6.61 Å². The number of rotatable bonds is 7. The molecule has 8 nitrogen and oxygen atoms in total. The molecular formula is C12H18O8. The molecule has 0 aromatic rings. The first-order valence-electron chi connectivity index (χ1n) is 5.72. The first-order valence-corrected chi connectivity index (χ1v) is 5.72. The minimum atomic E-state index is -3.08. The Hall–Kier alpha value is -1.64. The largest absolute Gasteiger partial charge is 0.439 e. The van der Waals surface area contributed by atoms with Gasteiger partial charge in [0.2, 0.25) is 5.60 Å². The molecule has 3 N–H and O–H groups in total. The summed E-state index contributed by atoms with van der Waals surface area (Å²) in [4.78, 5) is 46.5. The zero-order valence-corrected chi connectivity index (χ0v) is 11.7. The van der Waals surface area contributed by atoms with Crippen molar-refractivity contribution >= 4 is 23.3 Å². The lowest BCUT2D eigenvalue weighted by molar-refractivity contribution is -0.218. The fourth-order valence-electron chi connectivity index (χ4n) is 2.07. The number of aliphatic hydroxyl groups excluding tert-OH is 2. The van der Waals surface area contributed by atoms with Crippen LogP contribution >= 0.6 is 0 Å². The zero-order valence-electron chi connectivity index (χ0n) is 11.7. The second-order valence-electron chi connectivity index (χ2n) is 4.41. The van der Waals surface area contributed by atoms with E-state index < -0.39 is 47.2 Å². The van der Waals surface area contributed by atoms with Crippen LogP contribution in [0.3, 0.4) is 0 Å². The first-order chi connectivity index (χ1) is 8.98. The van der Waals surface area contributed by atoms with Gasteiger partial charge in [0.1, 0.15) is 6.10 Å². The summed E-state index contributed by atoms with van der Waals surface area (Å²) in [7, 11) is 0. The maximum atomic E-state index is 11.8. The van der Waals surface area contributed by atoms with E-state index in [1.807, 2.05) is 0 Å². The molecule has 2 unspecified atom stereocenters. The maximum Gasteiger partial charge on any atom is 0.304 e. The Balaban J connectivity index is 6.44. The van der Waals surface area contributed by atoms with Crippen molar-refractivity contribution < 1.29 is 39.2 Å². The van der Waals surface area contributed by atoms with Crippen LogP contribution in [0.5, 0.6) is 0 Å². The summed E-state index contributed by atoms with van der Waals surface area (Å²) < 4.78 is 4.63. The molecule has 0 radical (unpaired) electrons. The molecule has 0 aromatic carbocycles. The molecule has 0 aliphatic carbocycles. The van der Waals surface area contributed by atoms with E-state index in [0.29, 0.717) is 0 Å². The minimum Gasteiger partial charge on any atom is -0.439 e. The summed E-state index contributed by atoms with van der Waals surface area (Å²) >= 11 is 0. The highest BCUT2D eigenvalue weighted by molar-refractivity contribution is 6.16. The van der Waals surface area contributed by atoms with Crippen molar-refractivity contribution in [2.75, 3.05) is 6.61 Å². The van der Waals surface area contributed by atoms with Gasteiger partial charge in [0, 0.05) is 6.92 Å². The van der Waals surface area contributed by atoms with Gasteiger partial charge in [-0.15, -0.1) is 0 Å². The number of Topliss-reactive ketones (excluding diaryl/α,β-unsaturated/α-hetero) is 3. The summed E-state index contributed by atoms with van der Waals surface area (Å²) in [6.45, 7) is 2.18. The number of carbonyl (C=O) groups is 4. The van der Waals surface area contributed by atoms with Crippen LogP contribution in [0.4, 0.5) is 0 Å². The van der Waals surface area contributed by atoms with Crippen molar-refractivity contribution in [2.24, 2.45) is 0 Å². The number of ketones is 3. The summed E-state index contributed by atoms with van der Waals surface area (Å²) in [5, 5.41) is 29.0. The smallest absolute Gasteiger partial charge is 0.304 e. The van der Waals surface area contributed by atoms with E-state index in [9.17, 15) is 29.4 Å². The van der Waals surface area contributed by atoms with Gasteiger partial charge in [-0.05, 0) is 20.8 Å². The van der Waals surface area contributed by atoms with Gasteiger partial charge in [0.25, 0.3) is 5.60 Å². The lowest BCUT2D eigenvalue weighted by Gasteiger charge is -2.43. The van der Waals surface area contributed by atoms with Crippen LogP contribution in [0.25, 0.3) is 0 Å². The molecule has 0 heterocycles. The number of ether oxygens (including phenoxy) is 1. The van der Waals surface area contributed by atoms with Crippen LogP contribution in [0, 0.1) is 0 Å². The third kappa shape index (κ3) is 2.62. The molecular weight excluding hydrogens is 272 g/mol. The maximum absolute atomic E-state index is 11.8. The molecule has 0 amide bonds. The van der Waals surface area contributed by atoms with E-state index in [-0.39, 0.29) is 0 Å². The topological polar surface area (TPSA) is 138 Å². The summed E-state index contributed by atoms with van der Waals surface area (Å²) in [6, 6.07) is 0. The Morgan fingerprint density at radius 2 is 1.40 bits per heavy atom. The van der Waals surface area contributed by atoms with Crippen molar-refractivity contribution in [3.05, 3.63) is 0 Å². The van der Waals surface area contributed by atoms with Crippen molar-refractivity contribution in [1.29, 1.82) is 0 Å². The molecule has 114 valence electrons. The standard InChI is InChI=1S/C12H18O8/c1-6(14)11(19,10(18)5-13)12(7(2)15,8(3)16)20-9(4)17/h10,13,18-19H,5H2,1-4H3. The van der Waals surface area contributed by atoms with Gasteiger partial charge in [-0.2, -0.15) is 0 Å². The lowest BCUT2D eigenvalue weighted by Crippen LogP contribution is -2.73. The Morgan fingerprint density at radius 1 is 1.00 bits per heavy atom. The van der Waals surface area contributed by atoms with E-state index in [2.05, 4.69) is 4.74 Å². The summed E-state index contributed by atoms with van der Waals surface area (Å²) in [5.41, 5.74) is -5.99. The minimum absolute atomic E-state index is 0.795. The zero-order chi connectivity index (χ0) is 16.3. The Labute approximate surface area is 115 Å². The number of esters is 1. The summed E-state index contributed by atoms with van der Waals surface area (Å²) in [6.07, 6.45) is -2.19. The predicted molar refractivity (Wildman–Crippen MR) is 64.6 cm³/mol. The Bertz CT molecular complexity index is 427. The number of hydrogen-bond acceptors (Lipinski definition) is 8. The number of aliphatic hydroxyl groups is 3. The average Bonchev–Trinajstić information content (AvgIpc) is 2.32.